The standard InChI is InChI=1S/C11H14ClN3O4/c1-6(2)5-7(11(16)17)13-10-8(15(18)19)3-4-9(12)14-10/h3-4,6-7H,5H2,1-2H3,(H,13,14)(H,16,17)/t7-/m0/s1. The zero-order chi connectivity index (χ0) is 14.6. The number of aromatic amines is 1. The zero-order valence-electron chi connectivity index (χ0n) is 10.5. The summed E-state index contributed by atoms with van der Waals surface area (Å²) in [7, 11) is 0. The minimum atomic E-state index is -1.32. The van der Waals surface area contributed by atoms with Gasteiger partial charge in [0.1, 0.15) is 6.04 Å². The van der Waals surface area contributed by atoms with Crippen LogP contribution in [0.3, 0.4) is 0 Å². The summed E-state index contributed by atoms with van der Waals surface area (Å²) in [4.78, 5) is 23.8. The van der Waals surface area contributed by atoms with Crippen molar-refractivity contribution in [2.75, 3.05) is 5.32 Å². The lowest BCUT2D eigenvalue weighted by Gasteiger charge is -2.17. The molecule has 1 aromatic rings. The van der Waals surface area contributed by atoms with Gasteiger partial charge in [-0.05, 0) is 23.9 Å². The van der Waals surface area contributed by atoms with Crippen LogP contribution < -0.4 is 15.4 Å². The predicted molar refractivity (Wildman–Crippen MR) is 66.5 cm³/mol. The van der Waals surface area contributed by atoms with E-state index in [1.807, 2.05) is 13.8 Å². The van der Waals surface area contributed by atoms with Gasteiger partial charge in [-0.2, -0.15) is 0 Å². The molecule has 0 amide bonds. The number of carboxylic acid groups (broad SMARTS) is 1. The summed E-state index contributed by atoms with van der Waals surface area (Å²) in [5.41, 5.74) is -0.278. The van der Waals surface area contributed by atoms with Crippen LogP contribution in [-0.4, -0.2) is 16.9 Å². The highest BCUT2D eigenvalue weighted by Crippen LogP contribution is 2.22. The Balaban J connectivity index is 3.04. The lowest BCUT2D eigenvalue weighted by atomic mass is 10.0. The highest BCUT2D eigenvalue weighted by Gasteiger charge is 2.26. The van der Waals surface area contributed by atoms with Crippen molar-refractivity contribution in [2.45, 2.75) is 26.3 Å². The molecule has 1 aromatic heterocycles. The molecule has 0 unspecified atom stereocenters. The van der Waals surface area contributed by atoms with E-state index in [0.717, 1.165) is 0 Å². The molecule has 8 heteroatoms. The van der Waals surface area contributed by atoms with Crippen molar-refractivity contribution in [1.82, 2.24) is 0 Å². The molecular weight excluding hydrogens is 274 g/mol. The van der Waals surface area contributed by atoms with Crippen LogP contribution >= 0.6 is 11.6 Å². The first kappa shape index (κ1) is 15.2. The van der Waals surface area contributed by atoms with Crippen LogP contribution in [0.4, 0.5) is 11.5 Å². The lowest BCUT2D eigenvalue weighted by molar-refractivity contribution is -0.409. The van der Waals surface area contributed by atoms with E-state index in [4.69, 9.17) is 11.6 Å². The maximum absolute atomic E-state index is 11.0. The van der Waals surface area contributed by atoms with E-state index < -0.39 is 16.9 Å². The number of carbonyl (C=O) groups is 1. The number of aromatic nitrogens is 1. The maximum Gasteiger partial charge on any atom is 0.357 e. The molecule has 0 aliphatic heterocycles. The van der Waals surface area contributed by atoms with E-state index >= 15 is 0 Å². The van der Waals surface area contributed by atoms with Crippen LogP contribution in [0.5, 0.6) is 0 Å². The highest BCUT2D eigenvalue weighted by molar-refractivity contribution is 6.28. The van der Waals surface area contributed by atoms with Gasteiger partial charge in [-0.25, -0.2) is 4.98 Å². The molecule has 0 aliphatic carbocycles. The lowest BCUT2D eigenvalue weighted by Crippen LogP contribution is -2.43. The molecule has 2 N–H and O–H groups in total. The smallest absolute Gasteiger partial charge is 0.357 e. The number of halogens is 1. The molecule has 0 bridgehead atoms. The molecule has 104 valence electrons. The number of hydrogen-bond donors (Lipinski definition) is 1. The van der Waals surface area contributed by atoms with Gasteiger partial charge in [0.15, 0.2) is 5.15 Å². The number of carboxylic acids is 1. The minimum absolute atomic E-state index is 0.0487. The van der Waals surface area contributed by atoms with Crippen LogP contribution in [0, 0.1) is 16.0 Å². The van der Waals surface area contributed by atoms with Crippen LogP contribution in [-0.2, 0) is 4.79 Å². The molecule has 1 rings (SSSR count). The highest BCUT2D eigenvalue weighted by atomic mass is 35.5. The molecule has 1 heterocycles. The number of aliphatic carboxylic acids is 1. The largest absolute Gasteiger partial charge is 0.546 e. The molecule has 7 nitrogen and oxygen atoms in total. The van der Waals surface area contributed by atoms with Crippen molar-refractivity contribution in [3.05, 3.63) is 27.4 Å². The fourth-order valence-corrected chi connectivity index (χ4v) is 1.74. The number of pyridine rings is 1. The fraction of sp³-hybridized carbons (Fsp3) is 0.455. The van der Waals surface area contributed by atoms with Gasteiger partial charge in [0.05, 0.1) is 10.9 Å². The third-order valence-electron chi connectivity index (χ3n) is 2.39. The van der Waals surface area contributed by atoms with Gasteiger partial charge in [-0.1, -0.05) is 13.8 Å². The number of nitrogens with zero attached hydrogens (tertiary/aromatic N) is 1. The molecule has 0 fully saturated rings. The first-order chi connectivity index (χ1) is 8.81. The Hall–Kier alpha value is -1.89. The first-order valence-corrected chi connectivity index (χ1v) is 6.02. The van der Waals surface area contributed by atoms with Crippen molar-refractivity contribution in [3.63, 3.8) is 0 Å². The monoisotopic (exact) mass is 287 g/mol. The van der Waals surface area contributed by atoms with Gasteiger partial charge in [-0.3, -0.25) is 15.4 Å². The van der Waals surface area contributed by atoms with E-state index in [-0.39, 0.29) is 29.0 Å². The average Bonchev–Trinajstić information content (AvgIpc) is 2.26. The second-order valence-corrected chi connectivity index (χ2v) is 4.88. The zero-order valence-corrected chi connectivity index (χ0v) is 11.2. The van der Waals surface area contributed by atoms with Crippen molar-refractivity contribution in [2.24, 2.45) is 5.92 Å². The van der Waals surface area contributed by atoms with Gasteiger partial charge < -0.3 is 9.90 Å². The van der Waals surface area contributed by atoms with E-state index in [0.29, 0.717) is 0 Å². The Morgan fingerprint density at radius 2 is 2.16 bits per heavy atom. The Morgan fingerprint density at radius 1 is 1.53 bits per heavy atom. The van der Waals surface area contributed by atoms with Crippen molar-refractivity contribution in [3.8, 4) is 0 Å². The van der Waals surface area contributed by atoms with E-state index in [9.17, 15) is 20.0 Å². The van der Waals surface area contributed by atoms with Gasteiger partial charge in [0.2, 0.25) is 0 Å². The minimum Gasteiger partial charge on any atom is -0.546 e. The summed E-state index contributed by atoms with van der Waals surface area (Å²) < 4.78 is 0. The molecule has 19 heavy (non-hydrogen) atoms. The number of rotatable bonds is 6. The van der Waals surface area contributed by atoms with Crippen molar-refractivity contribution in [1.29, 1.82) is 0 Å². The molecule has 1 atom stereocenters. The van der Waals surface area contributed by atoms with Crippen LogP contribution in [0.1, 0.15) is 20.3 Å². The van der Waals surface area contributed by atoms with Crippen LogP contribution in [0.25, 0.3) is 0 Å². The molecule has 0 spiro atoms. The average molecular weight is 288 g/mol. The quantitative estimate of drug-likeness (QED) is 0.469. The summed E-state index contributed by atoms with van der Waals surface area (Å²) in [5, 5.41) is 24.6. The molecule has 0 saturated heterocycles. The van der Waals surface area contributed by atoms with Crippen LogP contribution in [0.2, 0.25) is 5.15 Å². The Kier molecular flexibility index (Phi) is 5.05. The van der Waals surface area contributed by atoms with Gasteiger partial charge in [0.25, 0.3) is 0 Å². The van der Waals surface area contributed by atoms with E-state index in [1.54, 1.807) is 0 Å². The Labute approximate surface area is 114 Å². The van der Waals surface area contributed by atoms with Gasteiger partial charge in [-0.15, -0.1) is 0 Å². The Bertz CT molecular complexity index is 493. The summed E-state index contributed by atoms with van der Waals surface area (Å²) in [6, 6.07) is 1.48. The predicted octanol–water partition coefficient (Wildman–Crippen LogP) is 0.639. The van der Waals surface area contributed by atoms with E-state index in [2.05, 4.69) is 10.3 Å². The molecular formula is C11H14ClN3O4. The fourth-order valence-electron chi connectivity index (χ4n) is 1.58. The van der Waals surface area contributed by atoms with Gasteiger partial charge in [0, 0.05) is 12.1 Å². The first-order valence-electron chi connectivity index (χ1n) is 5.65. The number of nitrogens with one attached hydrogen (secondary N) is 2. The van der Waals surface area contributed by atoms with E-state index in [1.165, 1.54) is 12.1 Å². The normalized spacial score (nSPS) is 12.2. The summed E-state index contributed by atoms with van der Waals surface area (Å²) in [6.45, 7) is 3.68. The van der Waals surface area contributed by atoms with Crippen molar-refractivity contribution < 1.29 is 19.8 Å². The second kappa shape index (κ2) is 6.33. The molecule has 0 aromatic carbocycles. The number of carbonyl (C=O) groups excluding carboxylic acids is 1. The molecule has 0 radical (unpaired) electrons. The summed E-state index contributed by atoms with van der Waals surface area (Å²) in [5.74, 6) is -1.28. The number of nitro groups is 1. The summed E-state index contributed by atoms with van der Waals surface area (Å²) >= 11 is 5.71. The van der Waals surface area contributed by atoms with Crippen LogP contribution in [0.15, 0.2) is 12.1 Å². The topological polar surface area (TPSA) is 109 Å². The Morgan fingerprint density at radius 3 is 2.63 bits per heavy atom. The van der Waals surface area contributed by atoms with Crippen molar-refractivity contribution >= 4 is 29.1 Å². The third-order valence-corrected chi connectivity index (χ3v) is 2.62. The van der Waals surface area contributed by atoms with Gasteiger partial charge >= 0.3 is 11.5 Å². The number of H-pyrrole nitrogens is 1. The number of hydrogen-bond acceptors (Lipinski definition) is 5. The third kappa shape index (κ3) is 4.36. The molecule has 0 aliphatic rings. The summed E-state index contributed by atoms with van der Waals surface area (Å²) in [6.07, 6.45) is 0.278. The number of anilines is 1. The second-order valence-electron chi connectivity index (χ2n) is 4.47. The molecule has 0 saturated carbocycles. The maximum atomic E-state index is 11.0. The SMILES string of the molecule is CC(C)C[C@H](Nc1[nH+]c(Cl)ccc1[N+](=O)[O-])C(=O)[O-].